The smallest absolute Gasteiger partial charge is 0.336 e. The fourth-order valence-electron chi connectivity index (χ4n) is 1.51. The van der Waals surface area contributed by atoms with Gasteiger partial charge in [0.2, 0.25) is 0 Å². The molecule has 1 heterocycles. The fraction of sp³-hybridized carbons (Fsp3) is 0.0909. The van der Waals surface area contributed by atoms with Gasteiger partial charge in [-0.15, -0.1) is 0 Å². The third-order valence-electron chi connectivity index (χ3n) is 2.23. The summed E-state index contributed by atoms with van der Waals surface area (Å²) in [7, 11) is 1.73. The second kappa shape index (κ2) is 3.77. The Morgan fingerprint density at radius 2 is 2.25 bits per heavy atom. The molecule has 16 heavy (non-hydrogen) atoms. The maximum Gasteiger partial charge on any atom is 0.336 e. The van der Waals surface area contributed by atoms with E-state index < -0.39 is 11.8 Å². The first-order chi connectivity index (χ1) is 7.58. The van der Waals surface area contributed by atoms with Crippen LogP contribution in [0.2, 0.25) is 0 Å². The summed E-state index contributed by atoms with van der Waals surface area (Å²) < 4.78 is 14.5. The van der Waals surface area contributed by atoms with Crippen molar-refractivity contribution >= 4 is 5.97 Å². The Hall–Kier alpha value is -2.17. The number of hydrogen-bond donors (Lipinski definition) is 1. The minimum Gasteiger partial charge on any atom is -0.478 e. The van der Waals surface area contributed by atoms with E-state index in [-0.39, 0.29) is 5.56 Å². The summed E-state index contributed by atoms with van der Waals surface area (Å²) in [5.41, 5.74) is 1.05. The number of hydrogen-bond acceptors (Lipinski definition) is 2. The Labute approximate surface area is 90.9 Å². The standard InChI is InChI=1S/C11H9FN2O2/c1-14-6-7(5-13-14)9-3-2-8(12)4-10(9)11(15)16/h2-6H,1H3,(H,15,16). The van der Waals surface area contributed by atoms with Gasteiger partial charge in [0.15, 0.2) is 0 Å². The molecule has 0 amide bonds. The van der Waals surface area contributed by atoms with Gasteiger partial charge in [-0.1, -0.05) is 6.07 Å². The van der Waals surface area contributed by atoms with Gasteiger partial charge in [0, 0.05) is 18.8 Å². The highest BCUT2D eigenvalue weighted by Crippen LogP contribution is 2.23. The average molecular weight is 220 g/mol. The van der Waals surface area contributed by atoms with Crippen molar-refractivity contribution in [1.82, 2.24) is 9.78 Å². The van der Waals surface area contributed by atoms with Crippen LogP contribution in [0.5, 0.6) is 0 Å². The van der Waals surface area contributed by atoms with Crippen molar-refractivity contribution in [2.45, 2.75) is 0 Å². The van der Waals surface area contributed by atoms with Crippen LogP contribution >= 0.6 is 0 Å². The number of nitrogens with zero attached hydrogens (tertiary/aromatic N) is 2. The third kappa shape index (κ3) is 1.79. The molecule has 82 valence electrons. The number of aromatic nitrogens is 2. The second-order valence-electron chi connectivity index (χ2n) is 3.40. The molecule has 1 aromatic heterocycles. The predicted molar refractivity (Wildman–Crippen MR) is 55.6 cm³/mol. The molecule has 4 nitrogen and oxygen atoms in total. The molecule has 5 heteroatoms. The molecule has 0 atom stereocenters. The first kappa shape index (κ1) is 10.4. The number of carboxylic acid groups (broad SMARTS) is 1. The Morgan fingerprint density at radius 1 is 1.50 bits per heavy atom. The van der Waals surface area contributed by atoms with Gasteiger partial charge in [-0.2, -0.15) is 5.10 Å². The molecule has 0 aliphatic carbocycles. The van der Waals surface area contributed by atoms with Crippen molar-refractivity contribution in [2.24, 2.45) is 7.05 Å². The summed E-state index contributed by atoms with van der Waals surface area (Å²) in [6.07, 6.45) is 3.22. The molecule has 1 N–H and O–H groups in total. The van der Waals surface area contributed by atoms with E-state index in [2.05, 4.69) is 5.10 Å². The fourth-order valence-corrected chi connectivity index (χ4v) is 1.51. The molecule has 0 radical (unpaired) electrons. The summed E-state index contributed by atoms with van der Waals surface area (Å²) >= 11 is 0. The van der Waals surface area contributed by atoms with Gasteiger partial charge in [0.1, 0.15) is 5.82 Å². The van der Waals surface area contributed by atoms with E-state index in [4.69, 9.17) is 5.11 Å². The van der Waals surface area contributed by atoms with Crippen molar-refractivity contribution < 1.29 is 14.3 Å². The van der Waals surface area contributed by atoms with E-state index in [0.717, 1.165) is 6.07 Å². The molecule has 0 aliphatic rings. The molecule has 2 rings (SSSR count). The number of benzene rings is 1. The van der Waals surface area contributed by atoms with E-state index in [1.54, 1.807) is 24.1 Å². The maximum atomic E-state index is 12.9. The molecular weight excluding hydrogens is 211 g/mol. The highest BCUT2D eigenvalue weighted by atomic mass is 19.1. The number of carboxylic acids is 1. The maximum absolute atomic E-state index is 12.9. The number of halogens is 1. The van der Waals surface area contributed by atoms with E-state index in [1.165, 1.54) is 12.1 Å². The first-order valence-electron chi connectivity index (χ1n) is 4.60. The van der Waals surface area contributed by atoms with Crippen LogP contribution in [-0.4, -0.2) is 20.9 Å². The molecule has 0 aliphatic heterocycles. The van der Waals surface area contributed by atoms with Crippen molar-refractivity contribution in [2.75, 3.05) is 0 Å². The average Bonchev–Trinajstić information content (AvgIpc) is 2.64. The number of rotatable bonds is 2. The minimum absolute atomic E-state index is 0.0620. The zero-order valence-corrected chi connectivity index (χ0v) is 8.51. The van der Waals surface area contributed by atoms with Gasteiger partial charge < -0.3 is 5.11 Å². The first-order valence-corrected chi connectivity index (χ1v) is 4.60. The Bertz CT molecular complexity index is 549. The van der Waals surface area contributed by atoms with Gasteiger partial charge in [0.25, 0.3) is 0 Å². The number of carbonyl (C=O) groups is 1. The molecule has 0 bridgehead atoms. The molecule has 1 aromatic carbocycles. The van der Waals surface area contributed by atoms with Crippen molar-refractivity contribution in [3.63, 3.8) is 0 Å². The van der Waals surface area contributed by atoms with E-state index in [1.807, 2.05) is 0 Å². The Kier molecular flexibility index (Phi) is 2.44. The van der Waals surface area contributed by atoms with E-state index >= 15 is 0 Å². The van der Waals surface area contributed by atoms with Gasteiger partial charge in [-0.3, -0.25) is 4.68 Å². The van der Waals surface area contributed by atoms with Gasteiger partial charge in [0.05, 0.1) is 11.8 Å². The van der Waals surface area contributed by atoms with Gasteiger partial charge in [-0.25, -0.2) is 9.18 Å². The molecule has 0 unspecified atom stereocenters. The van der Waals surface area contributed by atoms with Crippen LogP contribution in [0.4, 0.5) is 4.39 Å². The Morgan fingerprint density at radius 3 is 2.81 bits per heavy atom. The predicted octanol–water partition coefficient (Wildman–Crippen LogP) is 1.92. The highest BCUT2D eigenvalue weighted by Gasteiger charge is 2.13. The Balaban J connectivity index is 2.60. The lowest BCUT2D eigenvalue weighted by Gasteiger charge is -2.03. The molecule has 0 fully saturated rings. The van der Waals surface area contributed by atoms with Crippen LogP contribution < -0.4 is 0 Å². The SMILES string of the molecule is Cn1cc(-c2ccc(F)cc2C(=O)O)cn1. The van der Waals surface area contributed by atoms with E-state index in [0.29, 0.717) is 11.1 Å². The van der Waals surface area contributed by atoms with Crippen molar-refractivity contribution in [3.05, 3.63) is 42.0 Å². The zero-order chi connectivity index (χ0) is 11.7. The highest BCUT2D eigenvalue weighted by molar-refractivity contribution is 5.95. The monoisotopic (exact) mass is 220 g/mol. The van der Waals surface area contributed by atoms with Gasteiger partial charge in [-0.05, 0) is 17.7 Å². The summed E-state index contributed by atoms with van der Waals surface area (Å²) in [4.78, 5) is 11.0. The van der Waals surface area contributed by atoms with Crippen LogP contribution in [0.3, 0.4) is 0 Å². The lowest BCUT2D eigenvalue weighted by atomic mass is 10.0. The molecule has 0 saturated carbocycles. The van der Waals surface area contributed by atoms with Crippen LogP contribution in [0, 0.1) is 5.82 Å². The topological polar surface area (TPSA) is 55.1 Å². The number of aryl methyl sites for hydroxylation is 1. The van der Waals surface area contributed by atoms with Crippen LogP contribution in [0.1, 0.15) is 10.4 Å². The van der Waals surface area contributed by atoms with E-state index in [9.17, 15) is 9.18 Å². The zero-order valence-electron chi connectivity index (χ0n) is 8.51. The normalized spacial score (nSPS) is 10.4. The van der Waals surface area contributed by atoms with Crippen LogP contribution in [0.25, 0.3) is 11.1 Å². The third-order valence-corrected chi connectivity index (χ3v) is 2.23. The molecule has 0 spiro atoms. The molecular formula is C11H9FN2O2. The summed E-state index contributed by atoms with van der Waals surface area (Å²) in [5.74, 6) is -1.72. The van der Waals surface area contributed by atoms with Gasteiger partial charge >= 0.3 is 5.97 Å². The minimum atomic E-state index is -1.15. The quantitative estimate of drug-likeness (QED) is 0.841. The summed E-state index contributed by atoms with van der Waals surface area (Å²) in [5, 5.41) is 12.9. The largest absolute Gasteiger partial charge is 0.478 e. The molecule has 2 aromatic rings. The second-order valence-corrected chi connectivity index (χ2v) is 3.40. The molecule has 0 saturated heterocycles. The number of aromatic carboxylic acids is 1. The summed E-state index contributed by atoms with van der Waals surface area (Å²) in [6, 6.07) is 3.68. The lowest BCUT2D eigenvalue weighted by molar-refractivity contribution is 0.0697. The van der Waals surface area contributed by atoms with Crippen molar-refractivity contribution in [3.8, 4) is 11.1 Å². The lowest BCUT2D eigenvalue weighted by Crippen LogP contribution is -2.00. The summed E-state index contributed by atoms with van der Waals surface area (Å²) in [6.45, 7) is 0. The van der Waals surface area contributed by atoms with Crippen molar-refractivity contribution in [1.29, 1.82) is 0 Å². The van der Waals surface area contributed by atoms with Crippen LogP contribution in [-0.2, 0) is 7.05 Å². The van der Waals surface area contributed by atoms with Crippen LogP contribution in [0.15, 0.2) is 30.6 Å².